The second-order valence-electron chi connectivity index (χ2n) is 6.03. The Kier molecular flexibility index (Phi) is 5.27. The molecule has 5 nitrogen and oxygen atoms in total. The fourth-order valence-corrected chi connectivity index (χ4v) is 3.43. The predicted octanol–water partition coefficient (Wildman–Crippen LogP) is 2.73. The SMILES string of the molecule is CC1CCNCC1NC(=O)c1ccccc1NC(=O)c1cccs1. The van der Waals surface area contributed by atoms with Crippen molar-refractivity contribution in [2.75, 3.05) is 18.4 Å². The minimum absolute atomic E-state index is 0.104. The molecule has 2 unspecified atom stereocenters. The summed E-state index contributed by atoms with van der Waals surface area (Å²) in [6.45, 7) is 3.91. The molecule has 2 atom stereocenters. The fourth-order valence-electron chi connectivity index (χ4n) is 2.81. The number of amides is 2. The van der Waals surface area contributed by atoms with E-state index in [9.17, 15) is 9.59 Å². The lowest BCUT2D eigenvalue weighted by Crippen LogP contribution is -2.50. The van der Waals surface area contributed by atoms with E-state index in [-0.39, 0.29) is 17.9 Å². The van der Waals surface area contributed by atoms with Gasteiger partial charge < -0.3 is 16.0 Å². The number of para-hydroxylation sites is 1. The minimum Gasteiger partial charge on any atom is -0.348 e. The van der Waals surface area contributed by atoms with E-state index in [0.717, 1.165) is 19.5 Å². The van der Waals surface area contributed by atoms with Gasteiger partial charge >= 0.3 is 0 Å². The quantitative estimate of drug-likeness (QED) is 0.799. The molecule has 0 radical (unpaired) electrons. The van der Waals surface area contributed by atoms with Gasteiger partial charge in [0.1, 0.15) is 0 Å². The van der Waals surface area contributed by atoms with Crippen molar-refractivity contribution in [1.29, 1.82) is 0 Å². The maximum atomic E-state index is 12.7. The summed E-state index contributed by atoms with van der Waals surface area (Å²) in [6.07, 6.45) is 1.04. The van der Waals surface area contributed by atoms with Gasteiger partial charge in [0.25, 0.3) is 11.8 Å². The molecule has 3 N–H and O–H groups in total. The molecule has 1 aromatic heterocycles. The number of anilines is 1. The number of piperidine rings is 1. The molecule has 0 bridgehead atoms. The Hall–Kier alpha value is -2.18. The van der Waals surface area contributed by atoms with E-state index in [1.165, 1.54) is 11.3 Å². The van der Waals surface area contributed by atoms with Crippen molar-refractivity contribution in [2.45, 2.75) is 19.4 Å². The number of benzene rings is 1. The highest BCUT2D eigenvalue weighted by Gasteiger charge is 2.24. The van der Waals surface area contributed by atoms with Crippen LogP contribution in [0.4, 0.5) is 5.69 Å². The van der Waals surface area contributed by atoms with Crippen LogP contribution in [0.1, 0.15) is 33.4 Å². The molecule has 0 aliphatic carbocycles. The van der Waals surface area contributed by atoms with Gasteiger partial charge in [0.15, 0.2) is 0 Å². The fraction of sp³-hybridized carbons (Fsp3) is 0.333. The monoisotopic (exact) mass is 343 g/mol. The molecule has 1 saturated heterocycles. The lowest BCUT2D eigenvalue weighted by atomic mass is 9.94. The Morgan fingerprint density at radius 3 is 2.75 bits per heavy atom. The number of hydrogen-bond acceptors (Lipinski definition) is 4. The maximum Gasteiger partial charge on any atom is 0.265 e. The van der Waals surface area contributed by atoms with Gasteiger partial charge in [0.05, 0.1) is 16.1 Å². The summed E-state index contributed by atoms with van der Waals surface area (Å²) in [5.41, 5.74) is 1.02. The summed E-state index contributed by atoms with van der Waals surface area (Å²) in [7, 11) is 0. The largest absolute Gasteiger partial charge is 0.348 e. The van der Waals surface area contributed by atoms with Crippen LogP contribution in [-0.4, -0.2) is 30.9 Å². The number of nitrogens with one attached hydrogen (secondary N) is 3. The molecule has 1 aliphatic heterocycles. The molecule has 2 aromatic rings. The Labute approximate surface area is 145 Å². The number of rotatable bonds is 4. The van der Waals surface area contributed by atoms with Crippen molar-refractivity contribution in [1.82, 2.24) is 10.6 Å². The molecule has 1 fully saturated rings. The third-order valence-corrected chi connectivity index (χ3v) is 5.18. The van der Waals surface area contributed by atoms with Gasteiger partial charge in [-0.15, -0.1) is 11.3 Å². The summed E-state index contributed by atoms with van der Waals surface area (Å²) in [5, 5.41) is 11.1. The highest BCUT2D eigenvalue weighted by Crippen LogP contribution is 2.19. The molecule has 0 saturated carbocycles. The first kappa shape index (κ1) is 16.7. The molecule has 24 heavy (non-hydrogen) atoms. The van der Waals surface area contributed by atoms with Gasteiger partial charge in [0, 0.05) is 12.6 Å². The van der Waals surface area contributed by atoms with Gasteiger partial charge in [0.2, 0.25) is 0 Å². The Morgan fingerprint density at radius 2 is 2.00 bits per heavy atom. The maximum absolute atomic E-state index is 12.7. The third-order valence-electron chi connectivity index (χ3n) is 4.31. The molecule has 126 valence electrons. The zero-order chi connectivity index (χ0) is 16.9. The number of carbonyl (C=O) groups excluding carboxylic acids is 2. The van der Waals surface area contributed by atoms with E-state index in [2.05, 4.69) is 22.9 Å². The molecule has 2 amide bonds. The second-order valence-corrected chi connectivity index (χ2v) is 6.97. The van der Waals surface area contributed by atoms with E-state index in [1.54, 1.807) is 24.3 Å². The van der Waals surface area contributed by atoms with Crippen molar-refractivity contribution in [3.8, 4) is 0 Å². The zero-order valence-corrected chi connectivity index (χ0v) is 14.4. The van der Waals surface area contributed by atoms with E-state index in [1.807, 2.05) is 17.5 Å². The zero-order valence-electron chi connectivity index (χ0n) is 13.5. The van der Waals surface area contributed by atoms with Crippen LogP contribution in [0.3, 0.4) is 0 Å². The van der Waals surface area contributed by atoms with Crippen molar-refractivity contribution >= 4 is 28.8 Å². The average molecular weight is 343 g/mol. The topological polar surface area (TPSA) is 70.2 Å². The summed E-state index contributed by atoms with van der Waals surface area (Å²) < 4.78 is 0. The second kappa shape index (κ2) is 7.59. The first-order valence-electron chi connectivity index (χ1n) is 8.10. The van der Waals surface area contributed by atoms with Crippen molar-refractivity contribution < 1.29 is 9.59 Å². The van der Waals surface area contributed by atoms with E-state index >= 15 is 0 Å². The normalized spacial score (nSPS) is 20.4. The van der Waals surface area contributed by atoms with Crippen LogP contribution in [0.15, 0.2) is 41.8 Å². The molecule has 6 heteroatoms. The van der Waals surface area contributed by atoms with Gasteiger partial charge in [-0.3, -0.25) is 9.59 Å². The van der Waals surface area contributed by atoms with E-state index < -0.39 is 0 Å². The van der Waals surface area contributed by atoms with Crippen LogP contribution in [0.25, 0.3) is 0 Å². The number of carbonyl (C=O) groups is 2. The first-order valence-corrected chi connectivity index (χ1v) is 8.98. The molecule has 0 spiro atoms. The van der Waals surface area contributed by atoms with E-state index in [0.29, 0.717) is 22.0 Å². The summed E-state index contributed by atoms with van der Waals surface area (Å²) in [6, 6.07) is 10.8. The average Bonchev–Trinajstić information content (AvgIpc) is 3.12. The standard InChI is InChI=1S/C18H21N3O2S/c1-12-8-9-19-11-15(12)21-17(22)13-5-2-3-6-14(13)20-18(23)16-7-4-10-24-16/h2-7,10,12,15,19H,8-9,11H2,1H3,(H,20,23)(H,21,22). The van der Waals surface area contributed by atoms with Crippen LogP contribution >= 0.6 is 11.3 Å². The van der Waals surface area contributed by atoms with Crippen LogP contribution in [0, 0.1) is 5.92 Å². The summed E-state index contributed by atoms with van der Waals surface area (Å²) in [5.74, 6) is 0.0821. The van der Waals surface area contributed by atoms with Crippen LogP contribution in [0.5, 0.6) is 0 Å². The lowest BCUT2D eigenvalue weighted by Gasteiger charge is -2.30. The summed E-state index contributed by atoms with van der Waals surface area (Å²) >= 11 is 1.37. The first-order chi connectivity index (χ1) is 11.6. The van der Waals surface area contributed by atoms with Crippen molar-refractivity contribution in [2.24, 2.45) is 5.92 Å². The predicted molar refractivity (Wildman–Crippen MR) is 96.6 cm³/mol. The molecular weight excluding hydrogens is 322 g/mol. The van der Waals surface area contributed by atoms with Gasteiger partial charge in [-0.25, -0.2) is 0 Å². The molecule has 1 aromatic carbocycles. The Bertz CT molecular complexity index is 715. The minimum atomic E-state index is -0.196. The molecule has 1 aliphatic rings. The van der Waals surface area contributed by atoms with E-state index in [4.69, 9.17) is 0 Å². The van der Waals surface area contributed by atoms with Crippen LogP contribution < -0.4 is 16.0 Å². The Morgan fingerprint density at radius 1 is 1.17 bits per heavy atom. The van der Waals surface area contributed by atoms with Crippen LogP contribution in [-0.2, 0) is 0 Å². The third kappa shape index (κ3) is 3.83. The molecular formula is C18H21N3O2S. The number of hydrogen-bond donors (Lipinski definition) is 3. The summed E-state index contributed by atoms with van der Waals surface area (Å²) in [4.78, 5) is 25.5. The highest BCUT2D eigenvalue weighted by atomic mass is 32.1. The van der Waals surface area contributed by atoms with Gasteiger partial charge in [-0.05, 0) is 42.5 Å². The highest BCUT2D eigenvalue weighted by molar-refractivity contribution is 7.12. The van der Waals surface area contributed by atoms with Gasteiger partial charge in [-0.2, -0.15) is 0 Å². The Balaban J connectivity index is 1.73. The molecule has 2 heterocycles. The number of thiophene rings is 1. The molecule has 3 rings (SSSR count). The van der Waals surface area contributed by atoms with Gasteiger partial charge in [-0.1, -0.05) is 25.1 Å². The lowest BCUT2D eigenvalue weighted by molar-refractivity contribution is 0.0916. The van der Waals surface area contributed by atoms with Crippen molar-refractivity contribution in [3.05, 3.63) is 52.2 Å². The van der Waals surface area contributed by atoms with Crippen molar-refractivity contribution in [3.63, 3.8) is 0 Å². The van der Waals surface area contributed by atoms with Crippen LogP contribution in [0.2, 0.25) is 0 Å². The smallest absolute Gasteiger partial charge is 0.265 e.